The van der Waals surface area contributed by atoms with Gasteiger partial charge in [0, 0.05) is 36.1 Å². The molecule has 170 valence electrons. The van der Waals surface area contributed by atoms with Crippen molar-refractivity contribution < 1.29 is 0 Å². The first-order chi connectivity index (χ1) is 17.2. The number of thiazole rings is 1. The fourth-order valence-corrected chi connectivity index (χ4v) is 4.79. The van der Waals surface area contributed by atoms with Gasteiger partial charge in [0.1, 0.15) is 11.4 Å². The molecule has 2 N–H and O–H groups in total. The quantitative estimate of drug-likeness (QED) is 0.337. The number of aromatic amines is 1. The first kappa shape index (κ1) is 21.1. The van der Waals surface area contributed by atoms with Crippen molar-refractivity contribution in [2.24, 2.45) is 0 Å². The van der Waals surface area contributed by atoms with Gasteiger partial charge in [-0.3, -0.25) is 9.78 Å². The minimum atomic E-state index is -0.196. The third-order valence-corrected chi connectivity index (χ3v) is 6.69. The van der Waals surface area contributed by atoms with Crippen LogP contribution in [0.2, 0.25) is 0 Å². The van der Waals surface area contributed by atoms with Gasteiger partial charge in [-0.2, -0.15) is 0 Å². The van der Waals surface area contributed by atoms with E-state index in [2.05, 4.69) is 20.3 Å². The van der Waals surface area contributed by atoms with Crippen LogP contribution < -0.4 is 10.7 Å². The van der Waals surface area contributed by atoms with E-state index in [4.69, 9.17) is 9.97 Å². The summed E-state index contributed by atoms with van der Waals surface area (Å²) in [5.74, 6) is 0. The molecule has 7 nitrogen and oxygen atoms in total. The van der Waals surface area contributed by atoms with Gasteiger partial charge in [0.05, 0.1) is 21.1 Å². The molecule has 0 amide bonds. The van der Waals surface area contributed by atoms with Crippen LogP contribution in [0, 0.1) is 6.92 Å². The zero-order chi connectivity index (χ0) is 23.8. The largest absolute Gasteiger partial charge is 0.377 e. The predicted molar refractivity (Wildman–Crippen MR) is 141 cm³/mol. The number of fused-ring (bicyclic) bond motifs is 2. The van der Waals surface area contributed by atoms with Crippen molar-refractivity contribution in [3.05, 3.63) is 100 Å². The van der Waals surface area contributed by atoms with Crippen LogP contribution in [0.1, 0.15) is 10.6 Å². The molecule has 0 spiro atoms. The summed E-state index contributed by atoms with van der Waals surface area (Å²) in [6.45, 7) is 2.49. The second-order valence-electron chi connectivity index (χ2n) is 8.14. The fraction of sp³-hybridized carbons (Fsp3) is 0.0741. The molecule has 0 aliphatic heterocycles. The number of rotatable bonds is 5. The summed E-state index contributed by atoms with van der Waals surface area (Å²) in [6.07, 6.45) is 5.23. The molecule has 35 heavy (non-hydrogen) atoms. The summed E-state index contributed by atoms with van der Waals surface area (Å²) >= 11 is 1.54. The number of aryl methyl sites for hydroxylation is 1. The first-order valence-corrected chi connectivity index (χ1v) is 12.0. The Morgan fingerprint density at radius 3 is 2.69 bits per heavy atom. The van der Waals surface area contributed by atoms with Crippen LogP contribution in [-0.4, -0.2) is 24.9 Å². The third-order valence-electron chi connectivity index (χ3n) is 5.77. The lowest BCUT2D eigenvalue weighted by atomic mass is 10.1. The molecule has 0 saturated heterocycles. The molecular weight excluding hydrogens is 456 g/mol. The Balaban J connectivity index is 1.51. The molecule has 4 aromatic heterocycles. The maximum Gasteiger partial charge on any atom is 0.232 e. The Labute approximate surface area is 204 Å². The third kappa shape index (κ3) is 4.04. The van der Waals surface area contributed by atoms with Crippen LogP contribution in [0.25, 0.3) is 43.9 Å². The normalized spacial score (nSPS) is 11.2. The van der Waals surface area contributed by atoms with Gasteiger partial charge < -0.3 is 10.3 Å². The second-order valence-corrected chi connectivity index (χ2v) is 9.38. The molecule has 6 aromatic rings. The van der Waals surface area contributed by atoms with Gasteiger partial charge >= 0.3 is 0 Å². The summed E-state index contributed by atoms with van der Waals surface area (Å²) in [7, 11) is 0. The van der Waals surface area contributed by atoms with Crippen molar-refractivity contribution in [3.63, 3.8) is 0 Å². The van der Waals surface area contributed by atoms with Crippen LogP contribution in [-0.2, 0) is 6.54 Å². The van der Waals surface area contributed by atoms with Crippen molar-refractivity contribution >= 4 is 39.1 Å². The van der Waals surface area contributed by atoms with E-state index in [9.17, 15) is 4.79 Å². The van der Waals surface area contributed by atoms with Crippen LogP contribution in [0.15, 0.2) is 84.0 Å². The highest BCUT2D eigenvalue weighted by molar-refractivity contribution is 7.15. The molecule has 0 radical (unpaired) electrons. The maximum atomic E-state index is 13.4. The molecule has 0 atom stereocenters. The molecule has 0 unspecified atom stereocenters. The molecule has 0 aliphatic carbocycles. The van der Waals surface area contributed by atoms with Crippen LogP contribution in [0.3, 0.4) is 0 Å². The highest BCUT2D eigenvalue weighted by Crippen LogP contribution is 2.34. The average molecular weight is 477 g/mol. The van der Waals surface area contributed by atoms with Crippen molar-refractivity contribution in [3.8, 4) is 21.8 Å². The number of nitrogens with zero attached hydrogens (tertiary/aromatic N) is 4. The van der Waals surface area contributed by atoms with Crippen molar-refractivity contribution in [1.29, 1.82) is 0 Å². The standard InChI is InChI=1S/C27H20N6OS/c1-16-29-15-22(35-16)24-23(19-9-10-20-18(12-19)8-5-11-28-20)32-25-26(34)21(14-31-27(25)33-24)30-13-17-6-3-2-4-7-17/h2-12,14-15,30H,13H2,1H3,(H,31,33,34). The fourth-order valence-electron chi connectivity index (χ4n) is 4.02. The lowest BCUT2D eigenvalue weighted by Gasteiger charge is -2.11. The SMILES string of the molecule is Cc1ncc(-c2nc3[nH]cc(NCc4ccccc4)c(=O)c3nc2-c2ccc3ncccc3c2)s1. The van der Waals surface area contributed by atoms with E-state index in [0.29, 0.717) is 29.3 Å². The van der Waals surface area contributed by atoms with Gasteiger partial charge in [-0.15, -0.1) is 11.3 Å². The molecule has 2 aromatic carbocycles. The molecule has 0 fully saturated rings. The van der Waals surface area contributed by atoms with Gasteiger partial charge in [0.2, 0.25) is 5.43 Å². The Kier molecular flexibility index (Phi) is 5.27. The number of anilines is 1. The maximum absolute atomic E-state index is 13.4. The van der Waals surface area contributed by atoms with Crippen LogP contribution in [0.5, 0.6) is 0 Å². The Morgan fingerprint density at radius 2 is 1.86 bits per heavy atom. The Bertz CT molecular complexity index is 1740. The molecule has 0 aliphatic rings. The van der Waals surface area contributed by atoms with E-state index in [-0.39, 0.29) is 10.9 Å². The summed E-state index contributed by atoms with van der Waals surface area (Å²) in [5.41, 5.74) is 5.14. The van der Waals surface area contributed by atoms with Gasteiger partial charge in [-0.25, -0.2) is 15.0 Å². The van der Waals surface area contributed by atoms with Gasteiger partial charge in [0.15, 0.2) is 11.2 Å². The predicted octanol–water partition coefficient (Wildman–Crippen LogP) is 5.58. The molecule has 8 heteroatoms. The number of nitrogens with one attached hydrogen (secondary N) is 2. The highest BCUT2D eigenvalue weighted by Gasteiger charge is 2.18. The van der Waals surface area contributed by atoms with E-state index in [1.54, 1.807) is 29.9 Å². The van der Waals surface area contributed by atoms with Gasteiger partial charge in [-0.05, 0) is 30.7 Å². The van der Waals surface area contributed by atoms with E-state index in [1.807, 2.05) is 67.6 Å². The number of pyridine rings is 2. The molecule has 6 rings (SSSR count). The topological polar surface area (TPSA) is 96.5 Å². The molecular formula is C27H20N6OS. The van der Waals surface area contributed by atoms with Crippen LogP contribution >= 0.6 is 11.3 Å². The summed E-state index contributed by atoms with van der Waals surface area (Å²) in [4.78, 5) is 36.0. The Morgan fingerprint density at radius 1 is 0.971 bits per heavy atom. The smallest absolute Gasteiger partial charge is 0.232 e. The van der Waals surface area contributed by atoms with E-state index in [0.717, 1.165) is 31.9 Å². The van der Waals surface area contributed by atoms with Gasteiger partial charge in [0.25, 0.3) is 0 Å². The lowest BCUT2D eigenvalue weighted by molar-refractivity contribution is 1.13. The lowest BCUT2D eigenvalue weighted by Crippen LogP contribution is -2.14. The zero-order valence-corrected chi connectivity index (χ0v) is 19.6. The summed E-state index contributed by atoms with van der Waals surface area (Å²) in [5, 5.41) is 5.15. The van der Waals surface area contributed by atoms with Crippen LogP contribution in [0.4, 0.5) is 5.69 Å². The number of hydrogen-bond acceptors (Lipinski definition) is 7. The minimum absolute atomic E-state index is 0.196. The average Bonchev–Trinajstić information content (AvgIpc) is 3.34. The van der Waals surface area contributed by atoms with E-state index in [1.165, 1.54) is 0 Å². The minimum Gasteiger partial charge on any atom is -0.377 e. The first-order valence-electron chi connectivity index (χ1n) is 11.1. The second kappa shape index (κ2) is 8.73. The summed E-state index contributed by atoms with van der Waals surface area (Å²) in [6, 6.07) is 19.8. The molecule has 0 bridgehead atoms. The highest BCUT2D eigenvalue weighted by atomic mass is 32.1. The van der Waals surface area contributed by atoms with Gasteiger partial charge in [-0.1, -0.05) is 42.5 Å². The van der Waals surface area contributed by atoms with Crippen molar-refractivity contribution in [2.75, 3.05) is 5.32 Å². The van der Waals surface area contributed by atoms with E-state index >= 15 is 0 Å². The van der Waals surface area contributed by atoms with E-state index < -0.39 is 0 Å². The number of aromatic nitrogens is 5. The Hall–Kier alpha value is -4.43. The monoisotopic (exact) mass is 476 g/mol. The number of hydrogen-bond donors (Lipinski definition) is 2. The number of benzene rings is 2. The number of H-pyrrole nitrogens is 1. The molecule has 0 saturated carbocycles. The molecule has 4 heterocycles. The zero-order valence-electron chi connectivity index (χ0n) is 18.8. The summed E-state index contributed by atoms with van der Waals surface area (Å²) < 4.78 is 0. The van der Waals surface area contributed by atoms with Crippen molar-refractivity contribution in [2.45, 2.75) is 13.5 Å². The van der Waals surface area contributed by atoms with Crippen molar-refractivity contribution in [1.82, 2.24) is 24.9 Å².